The lowest BCUT2D eigenvalue weighted by atomic mass is 10.5. The van der Waals surface area contributed by atoms with Crippen molar-refractivity contribution < 1.29 is 4.90 Å². The molecule has 15 heavy (non-hydrogen) atoms. The second kappa shape index (κ2) is 8.44. The molecule has 1 heterocycles. The summed E-state index contributed by atoms with van der Waals surface area (Å²) in [6, 6.07) is 4.96. The van der Waals surface area contributed by atoms with E-state index in [0.29, 0.717) is 9.37 Å². The molecule has 4 heteroatoms. The molecule has 1 aromatic heterocycles. The highest BCUT2D eigenvalue weighted by Crippen LogP contribution is 1.87. The zero-order valence-corrected chi connectivity index (χ0v) is 10.5. The number of quaternary nitrogens is 1. The van der Waals surface area contributed by atoms with Gasteiger partial charge < -0.3 is 14.8 Å². The van der Waals surface area contributed by atoms with Crippen molar-refractivity contribution in [3.8, 4) is 0 Å². The van der Waals surface area contributed by atoms with E-state index < -0.39 is 0 Å². The maximum Gasteiger partial charge on any atom is 0.101 e. The van der Waals surface area contributed by atoms with Gasteiger partial charge in [0.1, 0.15) is 4.64 Å². The quantitative estimate of drug-likeness (QED) is 0.795. The van der Waals surface area contributed by atoms with Crippen LogP contribution in [0.4, 0.5) is 0 Å². The number of rotatable bonds is 3. The summed E-state index contributed by atoms with van der Waals surface area (Å²) < 4.78 is 0.961. The van der Waals surface area contributed by atoms with Crippen molar-refractivity contribution >= 4 is 12.2 Å². The SMILES string of the molecule is CC[NH+](CC)CC.[O-]n1ccccc1=S. The van der Waals surface area contributed by atoms with E-state index in [1.54, 1.807) is 23.1 Å². The zero-order valence-electron chi connectivity index (χ0n) is 9.69. The van der Waals surface area contributed by atoms with Gasteiger partial charge in [-0.1, -0.05) is 18.3 Å². The van der Waals surface area contributed by atoms with E-state index >= 15 is 0 Å². The number of hydrogen-bond acceptors (Lipinski definition) is 2. The molecule has 3 nitrogen and oxygen atoms in total. The molecule has 0 aliphatic heterocycles. The van der Waals surface area contributed by atoms with Crippen molar-refractivity contribution in [1.29, 1.82) is 0 Å². The number of pyridine rings is 1. The van der Waals surface area contributed by atoms with Crippen LogP contribution in [0.3, 0.4) is 0 Å². The van der Waals surface area contributed by atoms with E-state index in [1.165, 1.54) is 25.8 Å². The van der Waals surface area contributed by atoms with Crippen LogP contribution >= 0.6 is 12.2 Å². The first kappa shape index (κ1) is 14.1. The predicted molar refractivity (Wildman–Crippen MR) is 66.6 cm³/mol. The largest absolute Gasteiger partial charge is 0.805 e. The summed E-state index contributed by atoms with van der Waals surface area (Å²) in [6.07, 6.45) is 1.38. The molecule has 0 spiro atoms. The van der Waals surface area contributed by atoms with E-state index in [4.69, 9.17) is 0 Å². The molecule has 0 unspecified atom stereocenters. The van der Waals surface area contributed by atoms with Gasteiger partial charge in [-0.05, 0) is 39.1 Å². The Hall–Kier alpha value is -0.870. The van der Waals surface area contributed by atoms with Crippen molar-refractivity contribution in [2.24, 2.45) is 0 Å². The summed E-state index contributed by atoms with van der Waals surface area (Å²) in [7, 11) is 0. The highest BCUT2D eigenvalue weighted by molar-refractivity contribution is 7.71. The predicted octanol–water partition coefficient (Wildman–Crippen LogP) is 1.49. The summed E-state index contributed by atoms with van der Waals surface area (Å²) >= 11 is 4.60. The highest BCUT2D eigenvalue weighted by Gasteiger charge is 1.92. The first-order chi connectivity index (χ1) is 7.15. The van der Waals surface area contributed by atoms with Gasteiger partial charge >= 0.3 is 0 Å². The van der Waals surface area contributed by atoms with Crippen LogP contribution in [0.5, 0.6) is 0 Å². The second-order valence-corrected chi connectivity index (χ2v) is 3.59. The minimum Gasteiger partial charge on any atom is -0.805 e. The fourth-order valence-corrected chi connectivity index (χ4v) is 1.30. The monoisotopic (exact) mass is 228 g/mol. The van der Waals surface area contributed by atoms with Crippen LogP contribution in [-0.4, -0.2) is 24.4 Å². The molecular formula is C11H20N2OS. The fraction of sp³-hybridized carbons (Fsp3) is 0.545. The van der Waals surface area contributed by atoms with Crippen LogP contribution in [0.25, 0.3) is 0 Å². The molecule has 0 aromatic carbocycles. The Morgan fingerprint density at radius 1 is 1.20 bits per heavy atom. The Labute approximate surface area is 96.9 Å². The fourth-order valence-electron chi connectivity index (χ4n) is 1.16. The van der Waals surface area contributed by atoms with Crippen molar-refractivity contribution in [2.45, 2.75) is 20.8 Å². The topological polar surface area (TPSA) is 32.4 Å². The van der Waals surface area contributed by atoms with E-state index in [9.17, 15) is 5.21 Å². The summed E-state index contributed by atoms with van der Waals surface area (Å²) in [5.41, 5.74) is 0. The third-order valence-corrected chi connectivity index (χ3v) is 2.60. The standard InChI is InChI=1S/C6H15N.C5H4NOS/c1-4-7(5-2)6-3;7-6-4-2-1-3-5(6)8/h4-6H2,1-3H3;1-4H/q;-1/p+1. The van der Waals surface area contributed by atoms with Crippen LogP contribution in [0.15, 0.2) is 24.4 Å². The van der Waals surface area contributed by atoms with E-state index in [2.05, 4.69) is 33.0 Å². The van der Waals surface area contributed by atoms with Crippen LogP contribution in [-0.2, 0) is 0 Å². The molecule has 0 saturated heterocycles. The average molecular weight is 228 g/mol. The van der Waals surface area contributed by atoms with Crippen molar-refractivity contribution in [3.05, 3.63) is 34.2 Å². The lowest BCUT2D eigenvalue weighted by Gasteiger charge is -2.10. The van der Waals surface area contributed by atoms with Crippen molar-refractivity contribution in [1.82, 2.24) is 4.73 Å². The van der Waals surface area contributed by atoms with Gasteiger partial charge in [-0.15, -0.1) is 0 Å². The zero-order chi connectivity index (χ0) is 11.7. The molecule has 1 N–H and O–H groups in total. The van der Waals surface area contributed by atoms with Crippen molar-refractivity contribution in [2.75, 3.05) is 19.6 Å². The smallest absolute Gasteiger partial charge is 0.101 e. The molecule has 0 radical (unpaired) electrons. The maximum absolute atomic E-state index is 10.4. The summed E-state index contributed by atoms with van der Waals surface area (Å²) in [5.74, 6) is 0. The molecule has 0 atom stereocenters. The van der Waals surface area contributed by atoms with Gasteiger partial charge in [0.15, 0.2) is 0 Å². The third kappa shape index (κ3) is 6.25. The molecule has 0 saturated carbocycles. The van der Waals surface area contributed by atoms with Gasteiger partial charge in [0, 0.05) is 0 Å². The van der Waals surface area contributed by atoms with Gasteiger partial charge in [0.05, 0.1) is 19.6 Å². The van der Waals surface area contributed by atoms with Crippen LogP contribution < -0.4 is 4.90 Å². The number of nitrogens with zero attached hydrogens (tertiary/aromatic N) is 1. The molecule has 0 fully saturated rings. The Kier molecular flexibility index (Phi) is 7.95. The molecular weight excluding hydrogens is 208 g/mol. The van der Waals surface area contributed by atoms with E-state index in [-0.39, 0.29) is 0 Å². The van der Waals surface area contributed by atoms with Crippen molar-refractivity contribution in [3.63, 3.8) is 0 Å². The van der Waals surface area contributed by atoms with E-state index in [1.807, 2.05) is 0 Å². The molecule has 0 aliphatic carbocycles. The lowest BCUT2D eigenvalue weighted by Crippen LogP contribution is -3.11. The molecule has 86 valence electrons. The summed E-state index contributed by atoms with van der Waals surface area (Å²) in [5, 5.41) is 10.4. The Morgan fingerprint density at radius 3 is 1.93 bits per heavy atom. The number of aromatic nitrogens is 1. The van der Waals surface area contributed by atoms with Gasteiger partial charge in [0.2, 0.25) is 0 Å². The van der Waals surface area contributed by atoms with E-state index in [0.717, 1.165) is 0 Å². The third-order valence-electron chi connectivity index (χ3n) is 2.29. The Morgan fingerprint density at radius 2 is 1.73 bits per heavy atom. The van der Waals surface area contributed by atoms with Crippen LogP contribution in [0, 0.1) is 9.85 Å². The molecule has 0 bridgehead atoms. The summed E-state index contributed by atoms with van der Waals surface area (Å²) in [6.45, 7) is 10.5. The maximum atomic E-state index is 10.4. The van der Waals surface area contributed by atoms with Gasteiger partial charge in [-0.3, -0.25) is 0 Å². The van der Waals surface area contributed by atoms with Gasteiger partial charge in [-0.25, -0.2) is 0 Å². The first-order valence-electron chi connectivity index (χ1n) is 5.34. The average Bonchev–Trinajstić information content (AvgIpc) is 2.26. The molecule has 0 amide bonds. The Bertz CT molecular complexity index is 302. The van der Waals surface area contributed by atoms with Gasteiger partial charge in [-0.2, -0.15) is 0 Å². The summed E-state index contributed by atoms with van der Waals surface area (Å²) in [4.78, 5) is 1.68. The minimum atomic E-state index is 0.313. The lowest BCUT2D eigenvalue weighted by molar-refractivity contribution is -0.894. The molecule has 1 aromatic rings. The minimum absolute atomic E-state index is 0.313. The molecule has 1 rings (SSSR count). The second-order valence-electron chi connectivity index (χ2n) is 3.18. The van der Waals surface area contributed by atoms with Crippen LogP contribution in [0.2, 0.25) is 0 Å². The first-order valence-corrected chi connectivity index (χ1v) is 5.75. The normalized spacial score (nSPS) is 9.60. The molecule has 0 aliphatic rings. The van der Waals surface area contributed by atoms with Crippen LogP contribution in [0.1, 0.15) is 20.8 Å². The highest BCUT2D eigenvalue weighted by atomic mass is 32.1. The number of nitrogens with one attached hydrogen (secondary N) is 1. The Balaban J connectivity index is 0.000000265. The number of hydrogen-bond donors (Lipinski definition) is 1. The van der Waals surface area contributed by atoms with Gasteiger partial charge in [0.25, 0.3) is 0 Å².